The first-order valence-electron chi connectivity index (χ1n) is 6.32. The van der Waals surface area contributed by atoms with Crippen molar-refractivity contribution in [1.82, 2.24) is 4.90 Å². The van der Waals surface area contributed by atoms with E-state index in [0.29, 0.717) is 5.75 Å². The molecule has 0 aromatic heterocycles. The van der Waals surface area contributed by atoms with E-state index in [1.807, 2.05) is 6.07 Å². The third-order valence-corrected chi connectivity index (χ3v) is 4.12. The van der Waals surface area contributed by atoms with Gasteiger partial charge in [0.1, 0.15) is 0 Å². The molecule has 1 aromatic rings. The number of nitrogens with zero attached hydrogens (tertiary/aromatic N) is 1. The molecule has 2 fully saturated rings. The van der Waals surface area contributed by atoms with E-state index in [2.05, 4.69) is 4.90 Å². The van der Waals surface area contributed by atoms with Crippen molar-refractivity contribution in [3.05, 3.63) is 29.6 Å². The minimum atomic E-state index is -0.255. The van der Waals surface area contributed by atoms with Gasteiger partial charge < -0.3 is 4.74 Å². The lowest BCUT2D eigenvalue weighted by Crippen LogP contribution is -2.31. The first-order valence-corrected chi connectivity index (χ1v) is 6.32. The molecular formula is C14H18FNO. The van der Waals surface area contributed by atoms with Crippen molar-refractivity contribution < 1.29 is 9.13 Å². The molecule has 2 bridgehead atoms. The number of methoxy groups -OCH3 is 1. The fraction of sp³-hybridized carbons (Fsp3) is 0.571. The highest BCUT2D eigenvalue weighted by Crippen LogP contribution is 2.38. The van der Waals surface area contributed by atoms with Gasteiger partial charge in [-0.05, 0) is 42.9 Å². The summed E-state index contributed by atoms with van der Waals surface area (Å²) in [5.74, 6) is 0.967. The molecule has 3 heteroatoms. The fourth-order valence-corrected chi connectivity index (χ4v) is 3.26. The number of benzene rings is 1. The maximum atomic E-state index is 13.6. The van der Waals surface area contributed by atoms with Crippen LogP contribution in [0.3, 0.4) is 0 Å². The lowest BCUT2D eigenvalue weighted by atomic mass is 10.1. The second kappa shape index (κ2) is 4.30. The van der Waals surface area contributed by atoms with Gasteiger partial charge in [0.25, 0.3) is 0 Å². The highest BCUT2D eigenvalue weighted by atomic mass is 19.1. The van der Waals surface area contributed by atoms with Gasteiger partial charge in [-0.25, -0.2) is 4.39 Å². The molecule has 2 unspecified atom stereocenters. The Morgan fingerprint density at radius 3 is 2.88 bits per heavy atom. The molecule has 1 saturated carbocycles. The molecule has 92 valence electrons. The Morgan fingerprint density at radius 1 is 1.41 bits per heavy atom. The number of fused-ring (bicyclic) bond motifs is 2. The van der Waals surface area contributed by atoms with Crippen LogP contribution >= 0.6 is 0 Å². The molecule has 1 aliphatic heterocycles. The van der Waals surface area contributed by atoms with Crippen LogP contribution in [0.1, 0.15) is 24.8 Å². The smallest absolute Gasteiger partial charge is 0.165 e. The molecule has 17 heavy (non-hydrogen) atoms. The third-order valence-electron chi connectivity index (χ3n) is 4.12. The van der Waals surface area contributed by atoms with Gasteiger partial charge in [-0.2, -0.15) is 0 Å². The van der Waals surface area contributed by atoms with Crippen LogP contribution in [0.25, 0.3) is 0 Å². The van der Waals surface area contributed by atoms with Gasteiger partial charge in [-0.3, -0.25) is 4.90 Å². The van der Waals surface area contributed by atoms with Gasteiger partial charge in [0.2, 0.25) is 0 Å². The van der Waals surface area contributed by atoms with Crippen molar-refractivity contribution in [2.75, 3.05) is 13.7 Å². The number of piperidine rings is 1. The largest absolute Gasteiger partial charge is 0.494 e. The van der Waals surface area contributed by atoms with E-state index in [9.17, 15) is 4.39 Å². The summed E-state index contributed by atoms with van der Waals surface area (Å²) < 4.78 is 18.5. The van der Waals surface area contributed by atoms with Crippen molar-refractivity contribution in [3.63, 3.8) is 0 Å². The zero-order valence-corrected chi connectivity index (χ0v) is 10.2. The summed E-state index contributed by atoms with van der Waals surface area (Å²) >= 11 is 0. The summed E-state index contributed by atoms with van der Waals surface area (Å²) in [6.07, 6.45) is 4.06. The van der Waals surface area contributed by atoms with Crippen LogP contribution in [-0.2, 0) is 6.54 Å². The summed E-state index contributed by atoms with van der Waals surface area (Å²) in [5.41, 5.74) is 1.05. The minimum absolute atomic E-state index is 0.255. The molecule has 1 aliphatic carbocycles. The maximum absolute atomic E-state index is 13.6. The van der Waals surface area contributed by atoms with Crippen molar-refractivity contribution >= 4 is 0 Å². The quantitative estimate of drug-likeness (QED) is 0.798. The van der Waals surface area contributed by atoms with Crippen molar-refractivity contribution in [2.24, 2.45) is 5.92 Å². The number of hydrogen-bond donors (Lipinski definition) is 0. The third kappa shape index (κ3) is 2.04. The Kier molecular flexibility index (Phi) is 2.79. The topological polar surface area (TPSA) is 12.5 Å². The van der Waals surface area contributed by atoms with E-state index in [0.717, 1.165) is 24.1 Å². The second-order valence-electron chi connectivity index (χ2n) is 5.23. The summed E-state index contributed by atoms with van der Waals surface area (Å²) in [6.45, 7) is 2.07. The molecule has 0 radical (unpaired) electrons. The van der Waals surface area contributed by atoms with E-state index in [1.165, 1.54) is 32.9 Å². The van der Waals surface area contributed by atoms with Crippen LogP contribution < -0.4 is 4.74 Å². The van der Waals surface area contributed by atoms with Gasteiger partial charge in [-0.15, -0.1) is 0 Å². The first kappa shape index (κ1) is 11.0. The summed E-state index contributed by atoms with van der Waals surface area (Å²) in [5, 5.41) is 0. The molecule has 0 amide bonds. The SMILES string of the molecule is COc1ccc(CN2CC3CCC2C3)cc1F. The Balaban J connectivity index is 1.71. The molecule has 2 nitrogen and oxygen atoms in total. The Labute approximate surface area is 101 Å². The van der Waals surface area contributed by atoms with Gasteiger partial charge in [-0.1, -0.05) is 6.07 Å². The highest BCUT2D eigenvalue weighted by Gasteiger charge is 2.37. The van der Waals surface area contributed by atoms with Crippen LogP contribution in [0.4, 0.5) is 4.39 Å². The number of ether oxygens (including phenoxy) is 1. The van der Waals surface area contributed by atoms with E-state index in [4.69, 9.17) is 4.74 Å². The van der Waals surface area contributed by atoms with E-state index >= 15 is 0 Å². The zero-order valence-electron chi connectivity index (χ0n) is 10.2. The van der Waals surface area contributed by atoms with E-state index in [1.54, 1.807) is 12.1 Å². The van der Waals surface area contributed by atoms with Crippen LogP contribution in [0.2, 0.25) is 0 Å². The predicted octanol–water partition coefficient (Wildman–Crippen LogP) is 2.82. The number of rotatable bonds is 3. The number of halogens is 1. The van der Waals surface area contributed by atoms with E-state index < -0.39 is 0 Å². The van der Waals surface area contributed by atoms with E-state index in [-0.39, 0.29) is 5.82 Å². The molecule has 0 spiro atoms. The molecule has 0 N–H and O–H groups in total. The molecule has 2 atom stereocenters. The average molecular weight is 235 g/mol. The second-order valence-corrected chi connectivity index (χ2v) is 5.23. The molecule has 2 aliphatic rings. The molecule has 1 saturated heterocycles. The van der Waals surface area contributed by atoms with Gasteiger partial charge in [0, 0.05) is 19.1 Å². The van der Waals surface area contributed by atoms with Crippen LogP contribution in [-0.4, -0.2) is 24.6 Å². The molecule has 3 rings (SSSR count). The Hall–Kier alpha value is -1.09. The maximum Gasteiger partial charge on any atom is 0.165 e. The van der Waals surface area contributed by atoms with Crippen LogP contribution in [0, 0.1) is 11.7 Å². The van der Waals surface area contributed by atoms with Gasteiger partial charge in [0.15, 0.2) is 11.6 Å². The zero-order chi connectivity index (χ0) is 11.8. The van der Waals surface area contributed by atoms with Crippen molar-refractivity contribution in [2.45, 2.75) is 31.8 Å². The van der Waals surface area contributed by atoms with Crippen molar-refractivity contribution in [3.8, 4) is 5.75 Å². The average Bonchev–Trinajstić information content (AvgIpc) is 2.91. The Bertz CT molecular complexity index is 421. The number of likely N-dealkylation sites (tertiary alicyclic amines) is 1. The van der Waals surface area contributed by atoms with Gasteiger partial charge in [0.05, 0.1) is 7.11 Å². The normalized spacial score (nSPS) is 27.6. The minimum Gasteiger partial charge on any atom is -0.494 e. The molecule has 1 aromatic carbocycles. The standard InChI is InChI=1S/C14H18FNO/c1-17-14-5-3-11(7-13(14)15)9-16-8-10-2-4-12(16)6-10/h3,5,7,10,12H,2,4,6,8-9H2,1H3. The van der Waals surface area contributed by atoms with Gasteiger partial charge >= 0.3 is 0 Å². The summed E-state index contributed by atoms with van der Waals surface area (Å²) in [6, 6.07) is 6.03. The summed E-state index contributed by atoms with van der Waals surface area (Å²) in [7, 11) is 1.50. The first-order chi connectivity index (χ1) is 8.26. The number of hydrogen-bond acceptors (Lipinski definition) is 2. The van der Waals surface area contributed by atoms with Crippen molar-refractivity contribution in [1.29, 1.82) is 0 Å². The Morgan fingerprint density at radius 2 is 2.29 bits per heavy atom. The molecule has 1 heterocycles. The van der Waals surface area contributed by atoms with Crippen LogP contribution in [0.15, 0.2) is 18.2 Å². The summed E-state index contributed by atoms with van der Waals surface area (Å²) in [4.78, 5) is 2.50. The van der Waals surface area contributed by atoms with Crippen LogP contribution in [0.5, 0.6) is 5.75 Å². The monoisotopic (exact) mass is 235 g/mol. The predicted molar refractivity (Wildman–Crippen MR) is 64.5 cm³/mol. The lowest BCUT2D eigenvalue weighted by Gasteiger charge is -2.26. The highest BCUT2D eigenvalue weighted by molar-refractivity contribution is 5.29. The molecular weight excluding hydrogens is 217 g/mol. The fourth-order valence-electron chi connectivity index (χ4n) is 3.26. The lowest BCUT2D eigenvalue weighted by molar-refractivity contribution is 0.205.